The highest BCUT2D eigenvalue weighted by molar-refractivity contribution is 5.78. The predicted octanol–water partition coefficient (Wildman–Crippen LogP) is 0.986. The van der Waals surface area contributed by atoms with Gasteiger partial charge in [-0.05, 0) is 12.0 Å². The Balaban J connectivity index is 1.60. The molecule has 2 rings (SSSR count). The number of carbonyl (C=O) groups excluding carboxylic acids is 1. The van der Waals surface area contributed by atoms with E-state index in [1.165, 1.54) is 0 Å². The van der Waals surface area contributed by atoms with Crippen molar-refractivity contribution in [2.75, 3.05) is 6.54 Å². The molecular formula is C12H16N2O2. The maximum Gasteiger partial charge on any atom is 0.220 e. The lowest BCUT2D eigenvalue weighted by molar-refractivity contribution is -0.119. The SMILES string of the molecule is O=C1CCC(CNOCc2ccccc2)N1. The molecule has 4 nitrogen and oxygen atoms in total. The monoisotopic (exact) mass is 220 g/mol. The molecule has 1 aromatic carbocycles. The van der Waals surface area contributed by atoms with Gasteiger partial charge in [0.05, 0.1) is 6.61 Å². The van der Waals surface area contributed by atoms with Crippen LogP contribution in [0.1, 0.15) is 18.4 Å². The smallest absolute Gasteiger partial charge is 0.220 e. The first kappa shape index (κ1) is 11.1. The molecule has 1 aliphatic rings. The van der Waals surface area contributed by atoms with Gasteiger partial charge in [-0.3, -0.25) is 9.63 Å². The standard InChI is InChI=1S/C12H16N2O2/c15-12-7-6-11(14-12)8-13-16-9-10-4-2-1-3-5-10/h1-5,11,13H,6-9H2,(H,14,15). The number of hydroxylamine groups is 1. The van der Waals surface area contributed by atoms with Gasteiger partial charge in [-0.15, -0.1) is 0 Å². The summed E-state index contributed by atoms with van der Waals surface area (Å²) in [5.74, 6) is 0.134. The number of amides is 1. The maximum atomic E-state index is 10.9. The zero-order valence-corrected chi connectivity index (χ0v) is 9.11. The van der Waals surface area contributed by atoms with Gasteiger partial charge < -0.3 is 5.32 Å². The van der Waals surface area contributed by atoms with Crippen LogP contribution in [0.5, 0.6) is 0 Å². The molecule has 0 radical (unpaired) electrons. The van der Waals surface area contributed by atoms with Crippen molar-refractivity contribution in [1.29, 1.82) is 0 Å². The third-order valence-electron chi connectivity index (χ3n) is 2.60. The Hall–Kier alpha value is -1.39. The number of hydrogen-bond donors (Lipinski definition) is 2. The Morgan fingerprint density at radius 1 is 1.38 bits per heavy atom. The van der Waals surface area contributed by atoms with Crippen LogP contribution >= 0.6 is 0 Å². The van der Waals surface area contributed by atoms with Gasteiger partial charge in [0.1, 0.15) is 0 Å². The molecule has 0 spiro atoms. The van der Waals surface area contributed by atoms with Crippen molar-refractivity contribution < 1.29 is 9.63 Å². The summed E-state index contributed by atoms with van der Waals surface area (Å²) >= 11 is 0. The first-order chi connectivity index (χ1) is 7.84. The highest BCUT2D eigenvalue weighted by Gasteiger charge is 2.19. The fraction of sp³-hybridized carbons (Fsp3) is 0.417. The van der Waals surface area contributed by atoms with E-state index in [0.717, 1.165) is 12.0 Å². The van der Waals surface area contributed by atoms with Gasteiger partial charge in [-0.25, -0.2) is 5.48 Å². The lowest BCUT2D eigenvalue weighted by Crippen LogP contribution is -2.35. The van der Waals surface area contributed by atoms with Crippen LogP contribution in [0.4, 0.5) is 0 Å². The molecule has 0 aliphatic carbocycles. The van der Waals surface area contributed by atoms with Crippen molar-refractivity contribution in [2.24, 2.45) is 0 Å². The van der Waals surface area contributed by atoms with Crippen molar-refractivity contribution >= 4 is 5.91 Å². The van der Waals surface area contributed by atoms with E-state index in [-0.39, 0.29) is 11.9 Å². The van der Waals surface area contributed by atoms with Crippen LogP contribution in [0.2, 0.25) is 0 Å². The molecule has 1 amide bonds. The van der Waals surface area contributed by atoms with E-state index in [9.17, 15) is 4.79 Å². The highest BCUT2D eigenvalue weighted by Crippen LogP contribution is 2.05. The lowest BCUT2D eigenvalue weighted by Gasteiger charge is -2.11. The third-order valence-corrected chi connectivity index (χ3v) is 2.60. The Morgan fingerprint density at radius 3 is 2.88 bits per heavy atom. The summed E-state index contributed by atoms with van der Waals surface area (Å²) < 4.78 is 0. The molecule has 4 heteroatoms. The average molecular weight is 220 g/mol. The van der Waals surface area contributed by atoms with Gasteiger partial charge in [0.2, 0.25) is 5.91 Å². The van der Waals surface area contributed by atoms with Crippen molar-refractivity contribution in [2.45, 2.75) is 25.5 Å². The highest BCUT2D eigenvalue weighted by atomic mass is 16.6. The van der Waals surface area contributed by atoms with Crippen LogP contribution in [0.15, 0.2) is 30.3 Å². The molecule has 0 aromatic heterocycles. The molecule has 2 N–H and O–H groups in total. The number of hydrogen-bond acceptors (Lipinski definition) is 3. The average Bonchev–Trinajstić information content (AvgIpc) is 2.72. The number of rotatable bonds is 5. The van der Waals surface area contributed by atoms with E-state index in [1.54, 1.807) is 0 Å². The maximum absolute atomic E-state index is 10.9. The van der Waals surface area contributed by atoms with Gasteiger partial charge in [-0.2, -0.15) is 0 Å². The molecule has 0 saturated carbocycles. The third kappa shape index (κ3) is 3.32. The van der Waals surface area contributed by atoms with Crippen LogP contribution in [0.25, 0.3) is 0 Å². The Labute approximate surface area is 94.9 Å². The summed E-state index contributed by atoms with van der Waals surface area (Å²) in [5, 5.41) is 2.87. The second-order valence-electron chi connectivity index (χ2n) is 3.93. The molecule has 0 bridgehead atoms. The van der Waals surface area contributed by atoms with Crippen LogP contribution in [-0.2, 0) is 16.2 Å². The van der Waals surface area contributed by atoms with Gasteiger partial charge in [0.15, 0.2) is 0 Å². The Bertz CT molecular complexity index is 340. The molecule has 1 atom stereocenters. The minimum atomic E-state index is 0.134. The molecule has 86 valence electrons. The second kappa shape index (κ2) is 5.63. The first-order valence-corrected chi connectivity index (χ1v) is 5.52. The van der Waals surface area contributed by atoms with E-state index < -0.39 is 0 Å². The van der Waals surface area contributed by atoms with E-state index in [2.05, 4.69) is 10.8 Å². The van der Waals surface area contributed by atoms with Gasteiger partial charge in [-0.1, -0.05) is 30.3 Å². The van der Waals surface area contributed by atoms with E-state index in [1.807, 2.05) is 30.3 Å². The molecule has 1 aliphatic heterocycles. The summed E-state index contributed by atoms with van der Waals surface area (Å²) in [6.45, 7) is 1.21. The first-order valence-electron chi connectivity index (χ1n) is 5.52. The molecule has 1 aromatic rings. The van der Waals surface area contributed by atoms with Crippen LogP contribution in [0.3, 0.4) is 0 Å². The molecular weight excluding hydrogens is 204 g/mol. The van der Waals surface area contributed by atoms with Crippen molar-refractivity contribution in [3.63, 3.8) is 0 Å². The second-order valence-corrected chi connectivity index (χ2v) is 3.93. The molecule has 1 fully saturated rings. The fourth-order valence-electron chi connectivity index (χ4n) is 1.70. The normalized spacial score (nSPS) is 19.8. The van der Waals surface area contributed by atoms with Crippen molar-refractivity contribution in [1.82, 2.24) is 10.8 Å². The van der Waals surface area contributed by atoms with Crippen molar-refractivity contribution in [3.05, 3.63) is 35.9 Å². The summed E-state index contributed by atoms with van der Waals surface area (Å²) in [6, 6.07) is 10.2. The van der Waals surface area contributed by atoms with E-state index in [0.29, 0.717) is 19.6 Å². The Kier molecular flexibility index (Phi) is 3.91. The van der Waals surface area contributed by atoms with Gasteiger partial charge in [0, 0.05) is 19.0 Å². The number of benzene rings is 1. The van der Waals surface area contributed by atoms with Crippen LogP contribution in [0, 0.1) is 0 Å². The zero-order chi connectivity index (χ0) is 11.2. The summed E-state index contributed by atoms with van der Waals surface area (Å²) in [4.78, 5) is 16.2. The zero-order valence-electron chi connectivity index (χ0n) is 9.11. The largest absolute Gasteiger partial charge is 0.352 e. The van der Waals surface area contributed by atoms with Crippen LogP contribution < -0.4 is 10.8 Å². The Morgan fingerprint density at radius 2 is 2.19 bits per heavy atom. The number of carbonyl (C=O) groups is 1. The molecule has 16 heavy (non-hydrogen) atoms. The quantitative estimate of drug-likeness (QED) is 0.574. The van der Waals surface area contributed by atoms with Crippen molar-refractivity contribution in [3.8, 4) is 0 Å². The minimum Gasteiger partial charge on any atom is -0.352 e. The van der Waals surface area contributed by atoms with E-state index >= 15 is 0 Å². The van der Waals surface area contributed by atoms with E-state index in [4.69, 9.17) is 4.84 Å². The molecule has 1 saturated heterocycles. The minimum absolute atomic E-state index is 0.134. The number of nitrogens with one attached hydrogen (secondary N) is 2. The van der Waals surface area contributed by atoms with Gasteiger partial charge in [0.25, 0.3) is 0 Å². The summed E-state index contributed by atoms with van der Waals surface area (Å²) in [7, 11) is 0. The topological polar surface area (TPSA) is 50.4 Å². The van der Waals surface area contributed by atoms with Crippen LogP contribution in [-0.4, -0.2) is 18.5 Å². The summed E-state index contributed by atoms with van der Waals surface area (Å²) in [6.07, 6.45) is 1.52. The predicted molar refractivity (Wildman–Crippen MR) is 60.4 cm³/mol. The fourth-order valence-corrected chi connectivity index (χ4v) is 1.70. The summed E-state index contributed by atoms with van der Waals surface area (Å²) in [5.41, 5.74) is 4.01. The molecule has 1 unspecified atom stereocenters. The van der Waals surface area contributed by atoms with Gasteiger partial charge >= 0.3 is 0 Å². The lowest BCUT2D eigenvalue weighted by atomic mass is 10.2. The molecule has 1 heterocycles.